The molecule has 0 radical (unpaired) electrons. The van der Waals surface area contributed by atoms with E-state index < -0.39 is 30.7 Å². The number of rotatable bonds is 5. The number of nitrogens with zero attached hydrogens (tertiary/aromatic N) is 2. The third kappa shape index (κ3) is 3.11. The van der Waals surface area contributed by atoms with Gasteiger partial charge < -0.3 is 5.32 Å². The third-order valence-corrected chi connectivity index (χ3v) is 1.87. The molecule has 4 nitrogen and oxygen atoms in total. The minimum absolute atomic E-state index is 0.416. The number of halogens is 3. The van der Waals surface area contributed by atoms with Crippen LogP contribution < -0.4 is 5.32 Å². The number of aromatic nitrogens is 2. The average Bonchev–Trinajstić information content (AvgIpc) is 2.70. The molecule has 1 atom stereocenters. The Kier molecular flexibility index (Phi) is 4.10. The van der Waals surface area contributed by atoms with Gasteiger partial charge in [-0.05, 0) is 6.07 Å². The summed E-state index contributed by atoms with van der Waals surface area (Å²) in [5.41, 5.74) is 0. The number of hydrogen-bond acceptors (Lipinski definition) is 2. The van der Waals surface area contributed by atoms with E-state index in [1.54, 1.807) is 0 Å². The van der Waals surface area contributed by atoms with Crippen LogP contribution in [0.5, 0.6) is 0 Å². The molecule has 0 fully saturated rings. The summed E-state index contributed by atoms with van der Waals surface area (Å²) in [7, 11) is 0. The van der Waals surface area contributed by atoms with Crippen molar-refractivity contribution in [3.63, 3.8) is 0 Å². The highest BCUT2D eigenvalue weighted by molar-refractivity contribution is 5.90. The Morgan fingerprint density at radius 1 is 1.56 bits per heavy atom. The van der Waals surface area contributed by atoms with E-state index in [0.717, 1.165) is 4.68 Å². The standard InChI is InChI=1S/C9H10F3N3O/c1-6(10)9(16)13-5-7(8(11)12)15-4-2-3-14-15/h2-4,7-8H,1,5H2,(H,13,16). The summed E-state index contributed by atoms with van der Waals surface area (Å²) in [6, 6.07) is 0.156. The Bertz CT molecular complexity index is 364. The van der Waals surface area contributed by atoms with Gasteiger partial charge in [-0.1, -0.05) is 6.58 Å². The Morgan fingerprint density at radius 3 is 2.69 bits per heavy atom. The molecule has 1 N–H and O–H groups in total. The van der Waals surface area contributed by atoms with Gasteiger partial charge in [-0.15, -0.1) is 0 Å². The molecule has 0 aromatic carbocycles. The monoisotopic (exact) mass is 233 g/mol. The maximum absolute atomic E-state index is 12.6. The third-order valence-electron chi connectivity index (χ3n) is 1.87. The molecular formula is C9H10F3N3O. The Labute approximate surface area is 89.7 Å². The lowest BCUT2D eigenvalue weighted by Gasteiger charge is -2.16. The molecule has 88 valence electrons. The Balaban J connectivity index is 2.60. The van der Waals surface area contributed by atoms with Gasteiger partial charge in [0, 0.05) is 18.9 Å². The van der Waals surface area contributed by atoms with E-state index >= 15 is 0 Å². The van der Waals surface area contributed by atoms with E-state index in [2.05, 4.69) is 11.7 Å². The van der Waals surface area contributed by atoms with Crippen molar-refractivity contribution in [2.45, 2.75) is 12.5 Å². The molecule has 0 spiro atoms. The molecule has 1 aromatic heterocycles. The number of alkyl halides is 2. The first-order chi connectivity index (χ1) is 7.52. The Morgan fingerprint density at radius 2 is 2.25 bits per heavy atom. The van der Waals surface area contributed by atoms with Crippen molar-refractivity contribution in [1.29, 1.82) is 0 Å². The van der Waals surface area contributed by atoms with Gasteiger partial charge >= 0.3 is 0 Å². The molecule has 0 bridgehead atoms. The summed E-state index contributed by atoms with van der Waals surface area (Å²) in [4.78, 5) is 10.8. The van der Waals surface area contributed by atoms with Crippen molar-refractivity contribution in [3.8, 4) is 0 Å². The minimum atomic E-state index is -2.71. The van der Waals surface area contributed by atoms with Gasteiger partial charge in [0.15, 0.2) is 5.83 Å². The van der Waals surface area contributed by atoms with Gasteiger partial charge in [0.05, 0.1) is 0 Å². The number of carbonyl (C=O) groups excluding carboxylic acids is 1. The summed E-state index contributed by atoms with van der Waals surface area (Å²) >= 11 is 0. The van der Waals surface area contributed by atoms with Crippen LogP contribution in [0, 0.1) is 0 Å². The second-order valence-electron chi connectivity index (χ2n) is 3.00. The van der Waals surface area contributed by atoms with Crippen LogP contribution in [-0.4, -0.2) is 28.7 Å². The minimum Gasteiger partial charge on any atom is -0.348 e. The van der Waals surface area contributed by atoms with Crippen LogP contribution in [0.2, 0.25) is 0 Å². The largest absolute Gasteiger partial charge is 0.348 e. The first-order valence-electron chi connectivity index (χ1n) is 4.42. The lowest BCUT2D eigenvalue weighted by atomic mass is 10.3. The normalized spacial score (nSPS) is 12.5. The van der Waals surface area contributed by atoms with E-state index in [4.69, 9.17) is 0 Å². The van der Waals surface area contributed by atoms with E-state index in [1.807, 2.05) is 5.32 Å². The van der Waals surface area contributed by atoms with E-state index in [-0.39, 0.29) is 0 Å². The average molecular weight is 233 g/mol. The maximum Gasteiger partial charge on any atom is 0.279 e. The highest BCUT2D eigenvalue weighted by Gasteiger charge is 2.23. The number of hydrogen-bond donors (Lipinski definition) is 1. The molecule has 16 heavy (non-hydrogen) atoms. The molecule has 1 heterocycles. The fourth-order valence-corrected chi connectivity index (χ4v) is 1.07. The van der Waals surface area contributed by atoms with Crippen molar-refractivity contribution in [2.24, 2.45) is 0 Å². The number of carbonyl (C=O) groups is 1. The van der Waals surface area contributed by atoms with Gasteiger partial charge in [-0.25, -0.2) is 13.2 Å². The highest BCUT2D eigenvalue weighted by Crippen LogP contribution is 2.14. The van der Waals surface area contributed by atoms with Gasteiger partial charge in [0.1, 0.15) is 6.04 Å². The molecule has 0 saturated carbocycles. The quantitative estimate of drug-likeness (QED) is 0.779. The van der Waals surface area contributed by atoms with Crippen LogP contribution in [0.1, 0.15) is 6.04 Å². The van der Waals surface area contributed by atoms with Gasteiger partial charge in [-0.2, -0.15) is 5.10 Å². The van der Waals surface area contributed by atoms with E-state index in [9.17, 15) is 18.0 Å². The van der Waals surface area contributed by atoms with Crippen molar-refractivity contribution >= 4 is 5.91 Å². The van der Waals surface area contributed by atoms with Gasteiger partial charge in [-0.3, -0.25) is 9.48 Å². The smallest absolute Gasteiger partial charge is 0.279 e. The van der Waals surface area contributed by atoms with Crippen molar-refractivity contribution in [2.75, 3.05) is 6.54 Å². The topological polar surface area (TPSA) is 46.9 Å². The first-order valence-corrected chi connectivity index (χ1v) is 4.42. The van der Waals surface area contributed by atoms with E-state index in [1.165, 1.54) is 18.5 Å². The van der Waals surface area contributed by atoms with Crippen molar-refractivity contribution < 1.29 is 18.0 Å². The van der Waals surface area contributed by atoms with Crippen LogP contribution in [0.4, 0.5) is 13.2 Å². The molecule has 1 unspecified atom stereocenters. The van der Waals surface area contributed by atoms with E-state index in [0.29, 0.717) is 0 Å². The van der Waals surface area contributed by atoms with Crippen LogP contribution in [0.15, 0.2) is 30.9 Å². The fourth-order valence-electron chi connectivity index (χ4n) is 1.07. The molecule has 7 heteroatoms. The summed E-state index contributed by atoms with van der Waals surface area (Å²) in [6.45, 7) is 2.34. The predicted octanol–water partition coefficient (Wildman–Crippen LogP) is 1.29. The maximum atomic E-state index is 12.6. The number of amides is 1. The molecule has 1 rings (SSSR count). The zero-order chi connectivity index (χ0) is 12.1. The van der Waals surface area contributed by atoms with Crippen LogP contribution in [0.25, 0.3) is 0 Å². The Hall–Kier alpha value is -1.79. The zero-order valence-electron chi connectivity index (χ0n) is 8.24. The second kappa shape index (κ2) is 5.34. The van der Waals surface area contributed by atoms with Gasteiger partial charge in [0.25, 0.3) is 12.3 Å². The second-order valence-corrected chi connectivity index (χ2v) is 3.00. The molecule has 1 amide bonds. The predicted molar refractivity (Wildman–Crippen MR) is 50.5 cm³/mol. The molecule has 0 aliphatic carbocycles. The fraction of sp³-hybridized carbons (Fsp3) is 0.333. The SMILES string of the molecule is C=C(F)C(=O)NCC(C(F)F)n1cccn1. The van der Waals surface area contributed by atoms with Crippen molar-refractivity contribution in [3.05, 3.63) is 30.9 Å². The van der Waals surface area contributed by atoms with Crippen molar-refractivity contribution in [1.82, 2.24) is 15.1 Å². The first kappa shape index (κ1) is 12.3. The lowest BCUT2D eigenvalue weighted by Crippen LogP contribution is -2.34. The molecular weight excluding hydrogens is 223 g/mol. The summed E-state index contributed by atoms with van der Waals surface area (Å²) in [5, 5.41) is 5.63. The molecule has 0 aliphatic rings. The van der Waals surface area contributed by atoms with Gasteiger partial charge in [0.2, 0.25) is 0 Å². The lowest BCUT2D eigenvalue weighted by molar-refractivity contribution is -0.119. The molecule has 0 aliphatic heterocycles. The number of nitrogens with one attached hydrogen (secondary N) is 1. The summed E-state index contributed by atoms with van der Waals surface area (Å²) in [5.74, 6) is -2.31. The summed E-state index contributed by atoms with van der Waals surface area (Å²) in [6.07, 6.45) is -0.0356. The molecule has 1 aromatic rings. The van der Waals surface area contributed by atoms with Crippen LogP contribution in [0.3, 0.4) is 0 Å². The highest BCUT2D eigenvalue weighted by atomic mass is 19.3. The molecule has 0 saturated heterocycles. The zero-order valence-corrected chi connectivity index (χ0v) is 8.24. The van der Waals surface area contributed by atoms with Crippen LogP contribution in [-0.2, 0) is 4.79 Å². The van der Waals surface area contributed by atoms with Crippen LogP contribution >= 0.6 is 0 Å². The summed E-state index contributed by atoms with van der Waals surface area (Å²) < 4.78 is 38.4.